The quantitative estimate of drug-likeness (QED) is 0.675. The summed E-state index contributed by atoms with van der Waals surface area (Å²) in [5.41, 5.74) is 0. The first-order chi connectivity index (χ1) is 7.34. The molecule has 0 aromatic carbocycles. The van der Waals surface area contributed by atoms with Crippen LogP contribution in [0.25, 0.3) is 0 Å². The van der Waals surface area contributed by atoms with Crippen LogP contribution in [0.4, 0.5) is 0 Å². The van der Waals surface area contributed by atoms with Crippen LogP contribution in [-0.2, 0) is 0 Å². The van der Waals surface area contributed by atoms with Gasteiger partial charge in [0.15, 0.2) is 0 Å². The first-order valence-electron chi connectivity index (χ1n) is 6.33. The van der Waals surface area contributed by atoms with Crippen molar-refractivity contribution in [3.8, 4) is 0 Å². The summed E-state index contributed by atoms with van der Waals surface area (Å²) in [5, 5.41) is 3.59. The zero-order chi connectivity index (χ0) is 10.9. The van der Waals surface area contributed by atoms with Crippen LogP contribution < -0.4 is 5.32 Å². The molecule has 0 aromatic rings. The lowest BCUT2D eigenvalue weighted by Crippen LogP contribution is -2.43. The third-order valence-corrected chi connectivity index (χ3v) is 4.13. The highest BCUT2D eigenvalue weighted by atomic mass is 32.2. The minimum Gasteiger partial charge on any atom is -0.315 e. The molecule has 1 aliphatic heterocycles. The molecule has 1 heterocycles. The van der Waals surface area contributed by atoms with Crippen LogP contribution in [-0.4, -0.2) is 49.1 Å². The molecule has 0 saturated carbocycles. The number of likely N-dealkylation sites (tertiary alicyclic amines) is 1. The number of hydrogen-bond donors (Lipinski definition) is 1. The summed E-state index contributed by atoms with van der Waals surface area (Å²) in [6.45, 7) is 5.90. The van der Waals surface area contributed by atoms with Crippen molar-refractivity contribution in [1.82, 2.24) is 10.2 Å². The fraction of sp³-hybridized carbons (Fsp3) is 1.00. The van der Waals surface area contributed by atoms with Crippen LogP contribution in [0.2, 0.25) is 0 Å². The first-order valence-corrected chi connectivity index (χ1v) is 7.48. The van der Waals surface area contributed by atoms with E-state index in [4.69, 9.17) is 0 Å². The molecule has 1 saturated heterocycles. The molecule has 2 nitrogen and oxygen atoms in total. The number of likely N-dealkylation sites (N-methyl/N-ethyl adjacent to an activating group) is 1. The summed E-state index contributed by atoms with van der Waals surface area (Å²) < 4.78 is 0. The van der Waals surface area contributed by atoms with Gasteiger partial charge in [0.1, 0.15) is 0 Å². The van der Waals surface area contributed by atoms with Gasteiger partial charge in [-0.05, 0) is 50.9 Å². The lowest BCUT2D eigenvalue weighted by atomic mass is 10.0. The predicted octanol–water partition coefficient (Wildman–Crippen LogP) is 2.20. The van der Waals surface area contributed by atoms with Crippen molar-refractivity contribution in [3.63, 3.8) is 0 Å². The Bertz CT molecular complexity index is 153. The Hall–Kier alpha value is 0.270. The molecule has 0 aliphatic carbocycles. The van der Waals surface area contributed by atoms with Gasteiger partial charge < -0.3 is 10.2 Å². The second-order valence-corrected chi connectivity index (χ2v) is 5.78. The molecule has 90 valence electrons. The van der Waals surface area contributed by atoms with Gasteiger partial charge in [-0.25, -0.2) is 0 Å². The van der Waals surface area contributed by atoms with Gasteiger partial charge in [0, 0.05) is 12.6 Å². The van der Waals surface area contributed by atoms with Crippen molar-refractivity contribution in [2.45, 2.75) is 38.6 Å². The Labute approximate surface area is 99.2 Å². The van der Waals surface area contributed by atoms with Crippen molar-refractivity contribution >= 4 is 11.8 Å². The average molecular weight is 230 g/mol. The molecule has 1 rings (SSSR count). The Kier molecular flexibility index (Phi) is 7.49. The minimum atomic E-state index is 0.789. The van der Waals surface area contributed by atoms with E-state index in [9.17, 15) is 0 Å². The Morgan fingerprint density at radius 2 is 2.27 bits per heavy atom. The monoisotopic (exact) mass is 230 g/mol. The smallest absolute Gasteiger partial charge is 0.0217 e. The molecule has 1 fully saturated rings. The van der Waals surface area contributed by atoms with Crippen LogP contribution >= 0.6 is 11.8 Å². The van der Waals surface area contributed by atoms with E-state index >= 15 is 0 Å². The summed E-state index contributed by atoms with van der Waals surface area (Å²) in [5.74, 6) is 2.56. The van der Waals surface area contributed by atoms with E-state index < -0.39 is 0 Å². The van der Waals surface area contributed by atoms with Gasteiger partial charge in [0.2, 0.25) is 0 Å². The van der Waals surface area contributed by atoms with Gasteiger partial charge in [0.25, 0.3) is 0 Å². The van der Waals surface area contributed by atoms with E-state index in [1.54, 1.807) is 0 Å². The largest absolute Gasteiger partial charge is 0.315 e. The molecule has 15 heavy (non-hydrogen) atoms. The SMILES string of the molecule is CCSCCCNCC1CCCCN1C. The van der Waals surface area contributed by atoms with Gasteiger partial charge in [0.05, 0.1) is 0 Å². The molecular weight excluding hydrogens is 204 g/mol. The third-order valence-electron chi connectivity index (χ3n) is 3.15. The molecule has 1 aliphatic rings. The average Bonchev–Trinajstić information content (AvgIpc) is 2.25. The molecule has 0 radical (unpaired) electrons. The fourth-order valence-electron chi connectivity index (χ4n) is 2.11. The highest BCUT2D eigenvalue weighted by molar-refractivity contribution is 7.99. The second kappa shape index (κ2) is 8.43. The van der Waals surface area contributed by atoms with E-state index in [-0.39, 0.29) is 0 Å². The molecule has 0 spiro atoms. The molecule has 0 bridgehead atoms. The van der Waals surface area contributed by atoms with Crippen molar-refractivity contribution in [2.24, 2.45) is 0 Å². The minimum absolute atomic E-state index is 0.789. The van der Waals surface area contributed by atoms with Crippen molar-refractivity contribution in [3.05, 3.63) is 0 Å². The van der Waals surface area contributed by atoms with Gasteiger partial charge in [-0.3, -0.25) is 0 Å². The van der Waals surface area contributed by atoms with E-state index in [0.717, 1.165) is 6.04 Å². The number of piperidine rings is 1. The number of thioether (sulfide) groups is 1. The topological polar surface area (TPSA) is 15.3 Å². The van der Waals surface area contributed by atoms with E-state index in [0.29, 0.717) is 0 Å². The highest BCUT2D eigenvalue weighted by Crippen LogP contribution is 2.13. The Balaban J connectivity index is 1.94. The van der Waals surface area contributed by atoms with Gasteiger partial charge in [-0.1, -0.05) is 13.3 Å². The summed E-state index contributed by atoms with van der Waals surface area (Å²) >= 11 is 2.04. The number of nitrogens with one attached hydrogen (secondary N) is 1. The van der Waals surface area contributed by atoms with Crippen molar-refractivity contribution < 1.29 is 0 Å². The molecule has 0 amide bonds. The van der Waals surface area contributed by atoms with Crippen LogP contribution in [0.15, 0.2) is 0 Å². The summed E-state index contributed by atoms with van der Waals surface area (Å²) in [6.07, 6.45) is 5.50. The van der Waals surface area contributed by atoms with Gasteiger partial charge >= 0.3 is 0 Å². The molecule has 3 heteroatoms. The molecular formula is C12H26N2S. The second-order valence-electron chi connectivity index (χ2n) is 4.38. The lowest BCUT2D eigenvalue weighted by molar-refractivity contribution is 0.182. The molecule has 1 atom stereocenters. The maximum atomic E-state index is 3.59. The Morgan fingerprint density at radius 1 is 1.40 bits per heavy atom. The number of nitrogens with zero attached hydrogens (tertiary/aromatic N) is 1. The summed E-state index contributed by atoms with van der Waals surface area (Å²) in [6, 6.07) is 0.789. The predicted molar refractivity (Wildman–Crippen MR) is 70.8 cm³/mol. The normalized spacial score (nSPS) is 23.2. The number of rotatable bonds is 7. The summed E-state index contributed by atoms with van der Waals surface area (Å²) in [4.78, 5) is 2.51. The molecule has 1 unspecified atom stereocenters. The lowest BCUT2D eigenvalue weighted by Gasteiger charge is -2.32. The maximum absolute atomic E-state index is 3.59. The van der Waals surface area contributed by atoms with E-state index in [1.807, 2.05) is 11.8 Å². The van der Waals surface area contributed by atoms with Crippen LogP contribution in [0.5, 0.6) is 0 Å². The van der Waals surface area contributed by atoms with Gasteiger partial charge in [-0.2, -0.15) is 11.8 Å². The highest BCUT2D eigenvalue weighted by Gasteiger charge is 2.17. The van der Waals surface area contributed by atoms with Crippen LogP contribution in [0.1, 0.15) is 32.6 Å². The van der Waals surface area contributed by atoms with E-state index in [2.05, 4.69) is 24.2 Å². The molecule has 0 aromatic heterocycles. The maximum Gasteiger partial charge on any atom is 0.0217 e. The first kappa shape index (κ1) is 13.3. The van der Waals surface area contributed by atoms with Crippen molar-refractivity contribution in [1.29, 1.82) is 0 Å². The zero-order valence-electron chi connectivity index (χ0n) is 10.3. The van der Waals surface area contributed by atoms with Crippen molar-refractivity contribution in [2.75, 3.05) is 38.2 Å². The van der Waals surface area contributed by atoms with Crippen LogP contribution in [0, 0.1) is 0 Å². The Morgan fingerprint density at radius 3 is 3.00 bits per heavy atom. The van der Waals surface area contributed by atoms with E-state index in [1.165, 1.54) is 56.8 Å². The fourth-order valence-corrected chi connectivity index (χ4v) is 2.75. The van der Waals surface area contributed by atoms with Gasteiger partial charge in [-0.15, -0.1) is 0 Å². The third kappa shape index (κ3) is 5.79. The summed E-state index contributed by atoms with van der Waals surface area (Å²) in [7, 11) is 2.26. The van der Waals surface area contributed by atoms with Crippen LogP contribution in [0.3, 0.4) is 0 Å². The standard InChI is InChI=1S/C12H26N2S/c1-3-15-10-6-8-13-11-12-7-4-5-9-14(12)2/h12-13H,3-11H2,1-2H3. The number of hydrogen-bond acceptors (Lipinski definition) is 3. The zero-order valence-corrected chi connectivity index (χ0v) is 11.1. The molecule has 1 N–H and O–H groups in total.